The van der Waals surface area contributed by atoms with Crippen LogP contribution in [0.25, 0.3) is 0 Å². The van der Waals surface area contributed by atoms with E-state index in [2.05, 4.69) is 37.4 Å². The van der Waals surface area contributed by atoms with Crippen LogP contribution >= 0.6 is 21.6 Å². The molecule has 9 atom stereocenters. The van der Waals surface area contributed by atoms with Crippen molar-refractivity contribution >= 4 is 45.4 Å². The van der Waals surface area contributed by atoms with E-state index in [4.69, 9.17) is 14.2 Å². The summed E-state index contributed by atoms with van der Waals surface area (Å²) in [6.45, 7) is 8.80. The molecule has 2 heterocycles. The Hall–Kier alpha value is -1.94. The first-order valence-electron chi connectivity index (χ1n) is 18.7. The van der Waals surface area contributed by atoms with Crippen LogP contribution in [0.3, 0.4) is 0 Å². The fourth-order valence-corrected chi connectivity index (χ4v) is 10.6. The number of alkyl carbamates (subject to hydrolysis) is 1. The maximum atomic E-state index is 12.8. The summed E-state index contributed by atoms with van der Waals surface area (Å²) in [5, 5.41) is 3.59. The van der Waals surface area contributed by atoms with E-state index in [1.165, 1.54) is 24.2 Å². The smallest absolute Gasteiger partial charge is 0.407 e. The molecule has 0 aromatic rings. The van der Waals surface area contributed by atoms with E-state index in [1.807, 2.05) is 35.4 Å². The first kappa shape index (κ1) is 38.9. The van der Waals surface area contributed by atoms with Crippen molar-refractivity contribution in [3.8, 4) is 0 Å². The molecule has 0 aromatic heterocycles. The molecule has 0 aromatic carbocycles. The number of carbonyl (C=O) groups excluding carboxylic acids is 4. The standard InChI is InChI=1S/C38H59NO7S2/c1-5-26(3)37(42)46-34-22-25(2)21-28-15-14-27(4)33(36(28)34)17-16-30-23-31(24-35(41)44-30)45-38(43)39-19-10-6-7-11-29(40)12-8-9-13-32-18-20-47-48-32/h14-15,21,25-27,30-34,36H,5-13,16-20,22-24H2,1-4H3,(H,39,43). The molecule has 2 aliphatic heterocycles. The van der Waals surface area contributed by atoms with Crippen LogP contribution in [0.1, 0.15) is 124 Å². The summed E-state index contributed by atoms with van der Waals surface area (Å²) in [5.74, 6) is 2.02. The Kier molecular flexibility index (Phi) is 16.2. The number of Topliss-reactive ketones (excluding diaryl/α,β-unsaturated/α-hetero) is 1. The number of fused-ring (bicyclic) bond motifs is 1. The SMILES string of the molecule is CCC(C)C(=O)OC1CC(C)C=C2C=CC(C)C(CCC3CC(OC(=O)NCCCCCC(=O)CCCCC4CCSS4)CC(=O)O3)C21. The number of hydrogen-bond acceptors (Lipinski definition) is 9. The van der Waals surface area contributed by atoms with Crippen molar-refractivity contribution in [3.05, 3.63) is 23.8 Å². The molecule has 4 rings (SSSR count). The van der Waals surface area contributed by atoms with Gasteiger partial charge in [-0.05, 0) is 81.1 Å². The first-order valence-corrected chi connectivity index (χ1v) is 21.0. The lowest BCUT2D eigenvalue weighted by Gasteiger charge is -2.43. The van der Waals surface area contributed by atoms with Gasteiger partial charge in [0, 0.05) is 42.7 Å². The summed E-state index contributed by atoms with van der Waals surface area (Å²) in [6.07, 6.45) is 17.3. The second-order valence-corrected chi connectivity index (χ2v) is 17.4. The molecule has 0 spiro atoms. The number of allylic oxidation sites excluding steroid dienone is 3. The monoisotopic (exact) mass is 705 g/mol. The van der Waals surface area contributed by atoms with E-state index >= 15 is 0 Å². The molecule has 8 nitrogen and oxygen atoms in total. The Morgan fingerprint density at radius 1 is 1.02 bits per heavy atom. The highest BCUT2D eigenvalue weighted by atomic mass is 33.1. The molecular weight excluding hydrogens is 647 g/mol. The third-order valence-corrected chi connectivity index (χ3v) is 13.6. The van der Waals surface area contributed by atoms with Gasteiger partial charge in [-0.3, -0.25) is 14.4 Å². The van der Waals surface area contributed by atoms with Gasteiger partial charge in [-0.1, -0.05) is 80.4 Å². The maximum Gasteiger partial charge on any atom is 0.407 e. The average molecular weight is 706 g/mol. The third kappa shape index (κ3) is 12.4. The van der Waals surface area contributed by atoms with Gasteiger partial charge in [0.25, 0.3) is 0 Å². The number of ketones is 1. The number of nitrogens with one attached hydrogen (secondary N) is 1. The lowest BCUT2D eigenvalue weighted by atomic mass is 9.65. The van der Waals surface area contributed by atoms with Crippen LogP contribution in [0.15, 0.2) is 23.8 Å². The summed E-state index contributed by atoms with van der Waals surface area (Å²) < 4.78 is 17.5. The average Bonchev–Trinajstić information content (AvgIpc) is 3.57. The van der Waals surface area contributed by atoms with E-state index in [0.717, 1.165) is 56.6 Å². The molecule has 0 bridgehead atoms. The molecule has 2 fully saturated rings. The van der Waals surface area contributed by atoms with E-state index in [-0.39, 0.29) is 48.3 Å². The normalized spacial score (nSPS) is 30.5. The fourth-order valence-electron chi connectivity index (χ4n) is 7.53. The van der Waals surface area contributed by atoms with Crippen LogP contribution in [-0.2, 0) is 28.6 Å². The summed E-state index contributed by atoms with van der Waals surface area (Å²) in [7, 11) is 3.97. The van der Waals surface area contributed by atoms with Crippen LogP contribution in [0.2, 0.25) is 0 Å². The van der Waals surface area contributed by atoms with E-state index in [9.17, 15) is 19.2 Å². The van der Waals surface area contributed by atoms with Gasteiger partial charge in [0.2, 0.25) is 0 Å². The van der Waals surface area contributed by atoms with Crippen molar-refractivity contribution in [3.63, 3.8) is 0 Å². The predicted octanol–water partition coefficient (Wildman–Crippen LogP) is 8.77. The molecule has 48 heavy (non-hydrogen) atoms. The van der Waals surface area contributed by atoms with Crippen LogP contribution in [-0.4, -0.2) is 59.7 Å². The van der Waals surface area contributed by atoms with Crippen molar-refractivity contribution < 1.29 is 33.4 Å². The lowest BCUT2D eigenvalue weighted by molar-refractivity contribution is -0.162. The summed E-state index contributed by atoms with van der Waals surface area (Å²) in [6, 6.07) is 0. The third-order valence-electron chi connectivity index (χ3n) is 10.6. The molecule has 2 aliphatic carbocycles. The molecule has 0 saturated carbocycles. The molecule has 9 unspecified atom stereocenters. The van der Waals surface area contributed by atoms with Crippen molar-refractivity contribution in [2.75, 3.05) is 12.3 Å². The van der Waals surface area contributed by atoms with Crippen LogP contribution in [0.5, 0.6) is 0 Å². The second kappa shape index (κ2) is 20.0. The summed E-state index contributed by atoms with van der Waals surface area (Å²) >= 11 is 0. The number of esters is 2. The zero-order valence-corrected chi connectivity index (χ0v) is 31.3. The molecular formula is C38H59NO7S2. The highest BCUT2D eigenvalue weighted by molar-refractivity contribution is 8.77. The Morgan fingerprint density at radius 2 is 1.81 bits per heavy atom. The van der Waals surface area contributed by atoms with Crippen molar-refractivity contribution in [1.82, 2.24) is 5.32 Å². The minimum atomic E-state index is -0.515. The topological polar surface area (TPSA) is 108 Å². The van der Waals surface area contributed by atoms with Gasteiger partial charge in [0.05, 0.1) is 12.3 Å². The number of rotatable bonds is 18. The Morgan fingerprint density at radius 3 is 2.56 bits per heavy atom. The second-order valence-electron chi connectivity index (χ2n) is 14.6. The molecule has 0 radical (unpaired) electrons. The van der Waals surface area contributed by atoms with Crippen LogP contribution in [0, 0.1) is 29.6 Å². The maximum absolute atomic E-state index is 12.8. The predicted molar refractivity (Wildman–Crippen MR) is 193 cm³/mol. The zero-order valence-electron chi connectivity index (χ0n) is 29.6. The van der Waals surface area contributed by atoms with Gasteiger partial charge in [-0.25, -0.2) is 4.79 Å². The van der Waals surface area contributed by atoms with E-state index < -0.39 is 12.2 Å². The largest absolute Gasteiger partial charge is 0.462 e. The molecule has 2 saturated heterocycles. The molecule has 4 aliphatic rings. The van der Waals surface area contributed by atoms with Gasteiger partial charge in [0.15, 0.2) is 0 Å². The molecule has 1 N–H and O–H groups in total. The number of carbonyl (C=O) groups is 4. The minimum absolute atomic E-state index is 0.0636. The lowest BCUT2D eigenvalue weighted by Crippen LogP contribution is -2.42. The quantitative estimate of drug-likeness (QED) is 0.0648. The highest BCUT2D eigenvalue weighted by Crippen LogP contribution is 2.45. The van der Waals surface area contributed by atoms with Gasteiger partial charge < -0.3 is 19.5 Å². The Balaban J connectivity index is 1.14. The number of ether oxygens (including phenoxy) is 3. The molecule has 270 valence electrons. The number of unbranched alkanes of at least 4 members (excludes halogenated alkanes) is 3. The van der Waals surface area contributed by atoms with Crippen molar-refractivity contribution in [1.29, 1.82) is 0 Å². The van der Waals surface area contributed by atoms with E-state index in [1.54, 1.807) is 0 Å². The zero-order chi connectivity index (χ0) is 34.5. The van der Waals surface area contributed by atoms with Crippen molar-refractivity contribution in [2.45, 2.75) is 148 Å². The van der Waals surface area contributed by atoms with Crippen LogP contribution < -0.4 is 5.32 Å². The van der Waals surface area contributed by atoms with Gasteiger partial charge in [0.1, 0.15) is 24.1 Å². The highest BCUT2D eigenvalue weighted by Gasteiger charge is 2.42. The number of cyclic esters (lactones) is 1. The number of amides is 1. The Bertz CT molecular complexity index is 1140. The Labute approximate surface area is 296 Å². The summed E-state index contributed by atoms with van der Waals surface area (Å²) in [5.41, 5.74) is 1.24. The summed E-state index contributed by atoms with van der Waals surface area (Å²) in [4.78, 5) is 50.1. The molecule has 10 heteroatoms. The number of hydrogen-bond donors (Lipinski definition) is 1. The first-order chi connectivity index (χ1) is 23.1. The van der Waals surface area contributed by atoms with Gasteiger partial charge >= 0.3 is 18.0 Å². The minimum Gasteiger partial charge on any atom is -0.462 e. The van der Waals surface area contributed by atoms with E-state index in [0.29, 0.717) is 49.8 Å². The van der Waals surface area contributed by atoms with Gasteiger partial charge in [-0.15, -0.1) is 0 Å². The fraction of sp³-hybridized carbons (Fsp3) is 0.789. The molecule has 1 amide bonds. The van der Waals surface area contributed by atoms with Crippen LogP contribution in [0.4, 0.5) is 4.79 Å². The van der Waals surface area contributed by atoms with Gasteiger partial charge in [-0.2, -0.15) is 0 Å². The van der Waals surface area contributed by atoms with Crippen molar-refractivity contribution in [2.24, 2.45) is 29.6 Å².